The fourth-order valence-electron chi connectivity index (χ4n) is 2.13. The number of carbonyl (C=O) groups excluding carboxylic acids is 2. The van der Waals surface area contributed by atoms with Gasteiger partial charge in [-0.1, -0.05) is 35.5 Å². The maximum absolute atomic E-state index is 11.8. The van der Waals surface area contributed by atoms with Gasteiger partial charge in [-0.25, -0.2) is 0 Å². The van der Waals surface area contributed by atoms with Crippen molar-refractivity contribution in [2.75, 3.05) is 5.32 Å². The molecule has 3 N–H and O–H groups in total. The van der Waals surface area contributed by atoms with Crippen molar-refractivity contribution in [1.29, 1.82) is 0 Å². The predicted octanol–water partition coefficient (Wildman–Crippen LogP) is 2.07. The second-order valence-corrected chi connectivity index (χ2v) is 6.34. The first-order valence-corrected chi connectivity index (χ1v) is 8.26. The smallest absolute Gasteiger partial charge is 0.314 e. The van der Waals surface area contributed by atoms with Crippen molar-refractivity contribution in [3.63, 3.8) is 0 Å². The van der Waals surface area contributed by atoms with E-state index in [1.165, 1.54) is 23.7 Å². The molecule has 3 rings (SSSR count). The lowest BCUT2D eigenvalue weighted by Gasteiger charge is -2.08. The van der Waals surface area contributed by atoms with Gasteiger partial charge in [0.05, 0.1) is 6.54 Å². The first-order valence-electron chi connectivity index (χ1n) is 7.44. The number of aliphatic hydroxyl groups is 1. The zero-order valence-electron chi connectivity index (χ0n) is 13.0. The molecular formula is C17H15N3O4S. The lowest BCUT2D eigenvalue weighted by Crippen LogP contribution is -2.34. The number of nitrogens with one attached hydrogen (secondary N) is 2. The first-order chi connectivity index (χ1) is 12.1. The zero-order valence-corrected chi connectivity index (χ0v) is 13.8. The molecule has 0 saturated carbocycles. The van der Waals surface area contributed by atoms with Gasteiger partial charge < -0.3 is 14.9 Å². The maximum Gasteiger partial charge on any atom is 0.314 e. The van der Waals surface area contributed by atoms with Gasteiger partial charge in [-0.15, -0.1) is 11.3 Å². The standard InChI is InChI=1S/C17H15N3O4S/c21-15(11-4-2-1-3-5-11)13-7-6-12(25-13)10-18-16(22)17(23)19-14-8-9-24-20-14/h1-9,15,21H,10H2,(H,18,22)(H,19,20,23)/t15-/m1/s1. The molecule has 2 amide bonds. The van der Waals surface area contributed by atoms with Crippen LogP contribution in [0.1, 0.15) is 21.4 Å². The summed E-state index contributed by atoms with van der Waals surface area (Å²) in [6.07, 6.45) is 0.574. The lowest BCUT2D eigenvalue weighted by molar-refractivity contribution is -0.136. The van der Waals surface area contributed by atoms with Gasteiger partial charge in [0.2, 0.25) is 0 Å². The molecule has 0 bridgehead atoms. The van der Waals surface area contributed by atoms with Crippen LogP contribution in [-0.2, 0) is 16.1 Å². The largest absolute Gasteiger partial charge is 0.383 e. The van der Waals surface area contributed by atoms with Gasteiger partial charge in [0, 0.05) is 15.8 Å². The van der Waals surface area contributed by atoms with Crippen LogP contribution in [-0.4, -0.2) is 22.1 Å². The number of hydrogen-bond acceptors (Lipinski definition) is 6. The van der Waals surface area contributed by atoms with Crippen molar-refractivity contribution in [3.05, 3.63) is 70.1 Å². The van der Waals surface area contributed by atoms with E-state index in [1.54, 1.807) is 6.07 Å². The minimum absolute atomic E-state index is 0.171. The van der Waals surface area contributed by atoms with Crippen LogP contribution in [0.3, 0.4) is 0 Å². The minimum atomic E-state index is -0.824. The van der Waals surface area contributed by atoms with Crippen molar-refractivity contribution in [2.45, 2.75) is 12.6 Å². The highest BCUT2D eigenvalue weighted by Crippen LogP contribution is 2.28. The number of thiophene rings is 1. The molecule has 0 fully saturated rings. The summed E-state index contributed by atoms with van der Waals surface area (Å²) in [7, 11) is 0. The molecule has 2 heterocycles. The van der Waals surface area contributed by atoms with Crippen LogP contribution in [0, 0.1) is 0 Å². The van der Waals surface area contributed by atoms with Crippen LogP contribution in [0.2, 0.25) is 0 Å². The number of rotatable bonds is 5. The van der Waals surface area contributed by atoms with Crippen LogP contribution < -0.4 is 10.6 Å². The number of carbonyl (C=O) groups is 2. The third-order valence-corrected chi connectivity index (χ3v) is 4.51. The van der Waals surface area contributed by atoms with E-state index in [9.17, 15) is 14.7 Å². The SMILES string of the molecule is O=C(NCc1ccc([C@H](O)c2ccccc2)s1)C(=O)Nc1ccon1. The molecule has 3 aromatic rings. The van der Waals surface area contributed by atoms with Gasteiger partial charge in [0.15, 0.2) is 5.82 Å². The van der Waals surface area contributed by atoms with Gasteiger partial charge in [-0.3, -0.25) is 14.9 Å². The number of nitrogens with zero attached hydrogens (tertiary/aromatic N) is 1. The Morgan fingerprint density at radius 2 is 1.92 bits per heavy atom. The van der Waals surface area contributed by atoms with Gasteiger partial charge in [0.25, 0.3) is 0 Å². The molecule has 0 aliphatic carbocycles. The number of aliphatic hydroxyl groups excluding tert-OH is 1. The average molecular weight is 357 g/mol. The van der Waals surface area contributed by atoms with Crippen LogP contribution in [0.4, 0.5) is 5.82 Å². The highest BCUT2D eigenvalue weighted by Gasteiger charge is 2.16. The van der Waals surface area contributed by atoms with Crippen molar-refractivity contribution in [3.8, 4) is 0 Å². The second-order valence-electron chi connectivity index (χ2n) is 5.14. The van der Waals surface area contributed by atoms with E-state index in [0.717, 1.165) is 15.3 Å². The Bertz CT molecular complexity index is 846. The monoisotopic (exact) mass is 357 g/mol. The van der Waals surface area contributed by atoms with Gasteiger partial charge >= 0.3 is 11.8 Å². The van der Waals surface area contributed by atoms with Crippen molar-refractivity contribution in [1.82, 2.24) is 10.5 Å². The van der Waals surface area contributed by atoms with Gasteiger partial charge in [0.1, 0.15) is 12.4 Å². The fourth-order valence-corrected chi connectivity index (χ4v) is 3.10. The lowest BCUT2D eigenvalue weighted by atomic mass is 10.1. The van der Waals surface area contributed by atoms with Gasteiger partial charge in [-0.05, 0) is 17.7 Å². The van der Waals surface area contributed by atoms with Crippen LogP contribution in [0.15, 0.2) is 59.3 Å². The average Bonchev–Trinajstić information content (AvgIpc) is 3.31. The quantitative estimate of drug-likeness (QED) is 0.607. The number of benzene rings is 1. The molecule has 0 aliphatic heterocycles. The Balaban J connectivity index is 1.55. The van der Waals surface area contributed by atoms with Crippen molar-refractivity contribution in [2.24, 2.45) is 0 Å². The van der Waals surface area contributed by atoms with E-state index in [1.807, 2.05) is 36.4 Å². The number of hydrogen-bond donors (Lipinski definition) is 3. The number of anilines is 1. The molecule has 8 heteroatoms. The molecule has 0 spiro atoms. The van der Waals surface area contributed by atoms with E-state index >= 15 is 0 Å². The molecule has 1 atom stereocenters. The summed E-state index contributed by atoms with van der Waals surface area (Å²) in [5.74, 6) is -1.43. The molecule has 0 saturated heterocycles. The molecule has 0 aliphatic rings. The Morgan fingerprint density at radius 1 is 1.12 bits per heavy atom. The normalized spacial score (nSPS) is 11.7. The predicted molar refractivity (Wildman–Crippen MR) is 91.8 cm³/mol. The summed E-state index contributed by atoms with van der Waals surface area (Å²) in [5, 5.41) is 18.7. The third kappa shape index (κ3) is 4.31. The second kappa shape index (κ2) is 7.73. The first kappa shape index (κ1) is 16.9. The van der Waals surface area contributed by atoms with E-state index in [4.69, 9.17) is 0 Å². The van der Waals surface area contributed by atoms with Crippen molar-refractivity contribution < 1.29 is 19.2 Å². The molecule has 7 nitrogen and oxygen atoms in total. The molecule has 0 radical (unpaired) electrons. The number of amides is 2. The summed E-state index contributed by atoms with van der Waals surface area (Å²) < 4.78 is 4.57. The fraction of sp³-hybridized carbons (Fsp3) is 0.118. The molecule has 1 aromatic carbocycles. The summed E-state index contributed by atoms with van der Waals surface area (Å²) in [6, 6.07) is 14.3. The summed E-state index contributed by atoms with van der Waals surface area (Å²) in [6.45, 7) is 0.192. The highest BCUT2D eigenvalue weighted by atomic mass is 32.1. The summed E-state index contributed by atoms with van der Waals surface area (Å²) in [4.78, 5) is 25.1. The summed E-state index contributed by atoms with van der Waals surface area (Å²) >= 11 is 1.37. The van der Waals surface area contributed by atoms with E-state index in [2.05, 4.69) is 20.3 Å². The zero-order chi connectivity index (χ0) is 17.6. The number of aromatic nitrogens is 1. The highest BCUT2D eigenvalue weighted by molar-refractivity contribution is 7.12. The molecule has 2 aromatic heterocycles. The molecular weight excluding hydrogens is 342 g/mol. The molecule has 0 unspecified atom stereocenters. The van der Waals surface area contributed by atoms with Gasteiger partial charge in [-0.2, -0.15) is 0 Å². The van der Waals surface area contributed by atoms with E-state index in [-0.39, 0.29) is 12.4 Å². The van der Waals surface area contributed by atoms with Crippen LogP contribution in [0.25, 0.3) is 0 Å². The third-order valence-electron chi connectivity index (χ3n) is 3.38. The Morgan fingerprint density at radius 3 is 2.64 bits per heavy atom. The topological polar surface area (TPSA) is 104 Å². The maximum atomic E-state index is 11.8. The van der Waals surface area contributed by atoms with Crippen LogP contribution in [0.5, 0.6) is 0 Å². The Hall–Kier alpha value is -2.97. The molecule has 128 valence electrons. The minimum Gasteiger partial charge on any atom is -0.383 e. The Kier molecular flexibility index (Phi) is 5.22. The van der Waals surface area contributed by atoms with E-state index in [0.29, 0.717) is 0 Å². The van der Waals surface area contributed by atoms with Crippen molar-refractivity contribution >= 4 is 29.0 Å². The summed E-state index contributed by atoms with van der Waals surface area (Å²) in [5.41, 5.74) is 0.798. The van der Waals surface area contributed by atoms with E-state index < -0.39 is 17.9 Å². The molecule has 25 heavy (non-hydrogen) atoms. The van der Waals surface area contributed by atoms with Crippen LogP contribution >= 0.6 is 11.3 Å². The Labute approximate surface area is 147 Å².